The van der Waals surface area contributed by atoms with Crippen molar-refractivity contribution in [3.8, 4) is 0 Å². The minimum Gasteiger partial charge on any atom is -0.426 e. The maximum atomic E-state index is 13.9. The van der Waals surface area contributed by atoms with Crippen LogP contribution in [0.5, 0.6) is 0 Å². The van der Waals surface area contributed by atoms with E-state index >= 15 is 0 Å². The SMILES string of the molecule is CNC1(C(F)(F)F)OC(=O)Nc2ccc(Cl)cc21.O=C1Nc2ccc(Cl)cc2C(CNC(=O)c2ccc(F)cc2)(C(F)(F)F)O1. The Morgan fingerprint density at radius 3 is 1.82 bits per heavy atom. The summed E-state index contributed by atoms with van der Waals surface area (Å²) >= 11 is 11.5. The zero-order chi connectivity index (χ0) is 33.4. The molecule has 0 fully saturated rings. The third-order valence-corrected chi connectivity index (χ3v) is 7.05. The number of hydrogen-bond acceptors (Lipinski definition) is 6. The van der Waals surface area contributed by atoms with E-state index in [0.717, 1.165) is 43.4 Å². The number of benzene rings is 3. The van der Waals surface area contributed by atoms with Gasteiger partial charge < -0.3 is 14.8 Å². The molecule has 3 aromatic rings. The standard InChI is InChI=1S/C17H11ClF4N2O3.C10H8ClF3N2O2/c18-10-3-6-13-12(7-10)16(17(20,21)22,27-15(26)24-13)8-23-14(25)9-1-4-11(19)5-2-9;1-15-9(10(12,13)14)6-4-5(11)2-3-7(6)16-8(17)18-9/h1-7H,8H2,(H,23,25)(H,24,26);2-4,15H,1H3,(H,16,17). The van der Waals surface area contributed by atoms with Gasteiger partial charge in [0.2, 0.25) is 0 Å². The lowest BCUT2D eigenvalue weighted by atomic mass is 9.89. The van der Waals surface area contributed by atoms with Gasteiger partial charge in [-0.2, -0.15) is 26.3 Å². The van der Waals surface area contributed by atoms with Gasteiger partial charge in [-0.25, -0.2) is 14.0 Å². The molecular weight excluding hydrogens is 664 g/mol. The van der Waals surface area contributed by atoms with Gasteiger partial charge in [0.05, 0.1) is 17.9 Å². The van der Waals surface area contributed by atoms with E-state index in [9.17, 15) is 45.1 Å². The number of halogens is 9. The first-order valence-corrected chi connectivity index (χ1v) is 13.1. The van der Waals surface area contributed by atoms with E-state index in [-0.39, 0.29) is 32.5 Å². The quantitative estimate of drug-likeness (QED) is 0.219. The highest BCUT2D eigenvalue weighted by atomic mass is 35.5. The van der Waals surface area contributed by atoms with Crippen LogP contribution in [0.1, 0.15) is 21.5 Å². The summed E-state index contributed by atoms with van der Waals surface area (Å²) in [7, 11) is 1.05. The van der Waals surface area contributed by atoms with E-state index in [4.69, 9.17) is 23.2 Å². The summed E-state index contributed by atoms with van der Waals surface area (Å²) in [5, 5.41) is 8.55. The summed E-state index contributed by atoms with van der Waals surface area (Å²) in [6.45, 7) is -1.09. The molecule has 240 valence electrons. The third kappa shape index (κ3) is 6.57. The molecule has 3 aromatic carbocycles. The largest absolute Gasteiger partial charge is 0.447 e. The highest BCUT2D eigenvalue weighted by Gasteiger charge is 2.63. The van der Waals surface area contributed by atoms with Crippen LogP contribution in [-0.2, 0) is 20.8 Å². The highest BCUT2D eigenvalue weighted by molar-refractivity contribution is 6.31. The van der Waals surface area contributed by atoms with Crippen molar-refractivity contribution in [1.29, 1.82) is 0 Å². The summed E-state index contributed by atoms with van der Waals surface area (Å²) in [4.78, 5) is 35.1. The van der Waals surface area contributed by atoms with Crippen LogP contribution in [0, 0.1) is 5.82 Å². The van der Waals surface area contributed by atoms with Gasteiger partial charge in [-0.05, 0) is 67.7 Å². The van der Waals surface area contributed by atoms with E-state index in [0.29, 0.717) is 0 Å². The summed E-state index contributed by atoms with van der Waals surface area (Å²) in [5.74, 6) is -1.49. The second kappa shape index (κ2) is 12.3. The van der Waals surface area contributed by atoms with Crippen molar-refractivity contribution in [2.24, 2.45) is 0 Å². The molecule has 0 spiro atoms. The number of cyclic esters (lactones) is 2. The number of carbonyl (C=O) groups is 3. The average molecular weight is 683 g/mol. The Bertz CT molecular complexity index is 1640. The lowest BCUT2D eigenvalue weighted by molar-refractivity contribution is -0.275. The van der Waals surface area contributed by atoms with Crippen LogP contribution in [0.2, 0.25) is 10.0 Å². The molecule has 2 aliphatic heterocycles. The average Bonchev–Trinajstić information content (AvgIpc) is 2.95. The number of fused-ring (bicyclic) bond motifs is 2. The zero-order valence-corrected chi connectivity index (χ0v) is 23.9. The molecule has 2 unspecified atom stereocenters. The maximum Gasteiger partial charge on any atom is 0.447 e. The lowest BCUT2D eigenvalue weighted by Crippen LogP contribution is -2.58. The fraction of sp³-hybridized carbons (Fsp3) is 0.222. The molecule has 0 saturated carbocycles. The maximum absolute atomic E-state index is 13.9. The molecule has 2 heterocycles. The molecular formula is C27H19Cl2F7N4O5. The van der Waals surface area contributed by atoms with Gasteiger partial charge in [0.25, 0.3) is 17.2 Å². The third-order valence-electron chi connectivity index (χ3n) is 6.58. The summed E-state index contributed by atoms with van der Waals surface area (Å²) < 4.78 is 103. The normalized spacial score (nSPS) is 20.6. The zero-order valence-electron chi connectivity index (χ0n) is 22.4. The second-order valence-electron chi connectivity index (χ2n) is 9.35. The molecule has 5 rings (SSSR count). The van der Waals surface area contributed by atoms with E-state index in [1.54, 1.807) is 0 Å². The Morgan fingerprint density at radius 2 is 1.31 bits per heavy atom. The van der Waals surface area contributed by atoms with Crippen LogP contribution in [0.25, 0.3) is 0 Å². The Balaban J connectivity index is 0.000000222. The molecule has 45 heavy (non-hydrogen) atoms. The summed E-state index contributed by atoms with van der Waals surface area (Å²) in [5.41, 5.74) is -6.95. The van der Waals surface area contributed by atoms with Crippen LogP contribution in [0.3, 0.4) is 0 Å². The number of alkyl halides is 6. The van der Waals surface area contributed by atoms with Crippen molar-refractivity contribution in [2.75, 3.05) is 24.2 Å². The van der Waals surface area contributed by atoms with Gasteiger partial charge in [-0.15, -0.1) is 0 Å². The van der Waals surface area contributed by atoms with Crippen molar-refractivity contribution in [3.05, 3.63) is 93.2 Å². The van der Waals surface area contributed by atoms with Gasteiger partial charge in [-0.1, -0.05) is 23.2 Å². The molecule has 0 aromatic heterocycles. The van der Waals surface area contributed by atoms with E-state index in [1.807, 2.05) is 5.32 Å². The number of rotatable bonds is 4. The fourth-order valence-corrected chi connectivity index (χ4v) is 4.79. The Hall–Kier alpha value is -4.28. The number of amides is 3. The van der Waals surface area contributed by atoms with Gasteiger partial charge >= 0.3 is 24.5 Å². The van der Waals surface area contributed by atoms with Gasteiger partial charge in [-0.3, -0.25) is 20.7 Å². The van der Waals surface area contributed by atoms with Crippen LogP contribution >= 0.6 is 23.2 Å². The molecule has 3 amide bonds. The Labute approximate surface area is 259 Å². The molecule has 9 nitrogen and oxygen atoms in total. The second-order valence-corrected chi connectivity index (χ2v) is 10.2. The molecule has 2 atom stereocenters. The van der Waals surface area contributed by atoms with Crippen LogP contribution < -0.4 is 21.3 Å². The molecule has 2 aliphatic rings. The molecule has 4 N–H and O–H groups in total. The Morgan fingerprint density at radius 1 is 0.800 bits per heavy atom. The summed E-state index contributed by atoms with van der Waals surface area (Å²) in [6, 6.07) is 11.5. The first kappa shape index (κ1) is 33.6. The van der Waals surface area contributed by atoms with E-state index in [1.165, 1.54) is 24.3 Å². The first-order chi connectivity index (χ1) is 20.9. The molecule has 18 heteroatoms. The van der Waals surface area contributed by atoms with Gasteiger partial charge in [0.15, 0.2) is 0 Å². The van der Waals surface area contributed by atoms with Crippen LogP contribution in [0.15, 0.2) is 60.7 Å². The molecule has 0 aliphatic carbocycles. The highest BCUT2D eigenvalue weighted by Crippen LogP contribution is 2.48. The molecule has 0 radical (unpaired) electrons. The lowest BCUT2D eigenvalue weighted by Gasteiger charge is -2.39. The minimum absolute atomic E-state index is 0.00215. The number of hydrogen-bond donors (Lipinski definition) is 4. The van der Waals surface area contributed by atoms with Crippen LogP contribution in [0.4, 0.5) is 51.7 Å². The van der Waals surface area contributed by atoms with Crippen LogP contribution in [-0.4, -0.2) is 44.0 Å². The first-order valence-electron chi connectivity index (χ1n) is 12.4. The smallest absolute Gasteiger partial charge is 0.426 e. The number of carbonyl (C=O) groups excluding carboxylic acids is 3. The summed E-state index contributed by atoms with van der Waals surface area (Å²) in [6.07, 6.45) is -12.4. The van der Waals surface area contributed by atoms with E-state index in [2.05, 4.69) is 25.4 Å². The van der Waals surface area contributed by atoms with Gasteiger partial charge in [0, 0.05) is 26.7 Å². The van der Waals surface area contributed by atoms with Crippen molar-refractivity contribution < 1.29 is 54.6 Å². The van der Waals surface area contributed by atoms with Crippen molar-refractivity contribution in [1.82, 2.24) is 10.6 Å². The Kier molecular flexibility index (Phi) is 9.15. The predicted molar refractivity (Wildman–Crippen MR) is 146 cm³/mol. The van der Waals surface area contributed by atoms with Gasteiger partial charge in [0.1, 0.15) is 5.82 Å². The van der Waals surface area contributed by atoms with Crippen molar-refractivity contribution >= 4 is 52.7 Å². The number of nitrogens with one attached hydrogen (secondary N) is 4. The topological polar surface area (TPSA) is 118 Å². The minimum atomic E-state index is -5.06. The predicted octanol–water partition coefficient (Wildman–Crippen LogP) is 7.07. The molecule has 0 bridgehead atoms. The van der Waals surface area contributed by atoms with E-state index < -0.39 is 59.7 Å². The van der Waals surface area contributed by atoms with Crippen molar-refractivity contribution in [3.63, 3.8) is 0 Å². The fourth-order valence-electron chi connectivity index (χ4n) is 4.44. The number of anilines is 2. The molecule has 0 saturated heterocycles. The number of ether oxygens (including phenoxy) is 2. The van der Waals surface area contributed by atoms with Crippen molar-refractivity contribution in [2.45, 2.75) is 23.7 Å². The monoisotopic (exact) mass is 682 g/mol.